The minimum absolute atomic E-state index is 0.759. The Balaban J connectivity index is 0. The van der Waals surface area contributed by atoms with Crippen LogP contribution >= 0.6 is 0 Å². The van der Waals surface area contributed by atoms with Gasteiger partial charge in [-0.3, -0.25) is 0 Å². The van der Waals surface area contributed by atoms with Gasteiger partial charge in [-0.05, 0) is 6.42 Å². The highest BCUT2D eigenvalue weighted by atomic mass is 16.1. The molecule has 0 radical (unpaired) electrons. The fourth-order valence-corrected chi connectivity index (χ4v) is 2.39. The molecule has 0 rings (SSSR count). The predicted molar refractivity (Wildman–Crippen MR) is 97.0 cm³/mol. The smallest absolute Gasteiger partial charge is 0.119 e. The Morgan fingerprint density at radius 3 is 1.05 bits per heavy atom. The summed E-state index contributed by atoms with van der Waals surface area (Å²) in [4.78, 5) is 9.98. The van der Waals surface area contributed by atoms with Gasteiger partial charge in [-0.2, -0.15) is 0 Å². The quantitative estimate of drug-likeness (QED) is 0.226. The summed E-state index contributed by atoms with van der Waals surface area (Å²) in [7, 11) is 0. The topological polar surface area (TPSA) is 17.1 Å². The number of carbonyl (C=O) groups is 1. The van der Waals surface area contributed by atoms with Gasteiger partial charge in [0.05, 0.1) is 0 Å². The molecular formula is C20H42O. The van der Waals surface area contributed by atoms with Gasteiger partial charge in [0.15, 0.2) is 0 Å². The van der Waals surface area contributed by atoms with Crippen molar-refractivity contribution in [2.75, 3.05) is 0 Å². The normalized spacial score (nSPS) is 10.0. The molecule has 0 saturated carbocycles. The molecule has 0 saturated heterocycles. The summed E-state index contributed by atoms with van der Waals surface area (Å²) >= 11 is 0. The Morgan fingerprint density at radius 2 is 0.762 bits per heavy atom. The summed E-state index contributed by atoms with van der Waals surface area (Å²) in [6, 6.07) is 0. The van der Waals surface area contributed by atoms with Gasteiger partial charge in [-0.15, -0.1) is 0 Å². The number of unbranched alkanes of at least 4 members (excludes halogenated alkanes) is 14. The zero-order valence-corrected chi connectivity index (χ0v) is 15.3. The van der Waals surface area contributed by atoms with Crippen molar-refractivity contribution in [2.45, 2.75) is 124 Å². The third-order valence-electron chi connectivity index (χ3n) is 3.88. The van der Waals surface area contributed by atoms with Gasteiger partial charge < -0.3 is 4.79 Å². The Hall–Kier alpha value is -0.330. The fourth-order valence-electron chi connectivity index (χ4n) is 2.39. The van der Waals surface area contributed by atoms with E-state index in [0.717, 1.165) is 19.1 Å². The van der Waals surface area contributed by atoms with E-state index in [2.05, 4.69) is 20.8 Å². The number of hydrogen-bond donors (Lipinski definition) is 0. The second kappa shape index (κ2) is 24.7. The van der Waals surface area contributed by atoms with Crippen LogP contribution in [0.2, 0.25) is 0 Å². The minimum Gasteiger partial charge on any atom is -0.303 e. The predicted octanol–water partition coefficient (Wildman–Crippen LogP) is 7.47. The second-order valence-electron chi connectivity index (χ2n) is 6.20. The molecule has 1 heteroatoms. The zero-order chi connectivity index (χ0) is 16.0. The highest BCUT2D eigenvalue weighted by molar-refractivity contribution is 5.48. The lowest BCUT2D eigenvalue weighted by Gasteiger charge is -1.98. The average molecular weight is 299 g/mol. The molecule has 0 bridgehead atoms. The van der Waals surface area contributed by atoms with E-state index >= 15 is 0 Å². The van der Waals surface area contributed by atoms with Gasteiger partial charge >= 0.3 is 0 Å². The van der Waals surface area contributed by atoms with Crippen molar-refractivity contribution in [1.29, 1.82) is 0 Å². The maximum absolute atomic E-state index is 9.98. The van der Waals surface area contributed by atoms with Gasteiger partial charge in [0, 0.05) is 6.42 Å². The standard InChI is InChI=1S/C11H22O.C9H20/c1-2-3-4-5-6-7-8-9-10-11-12;1-3-5-7-9-8-6-4-2/h11H,2-10H2,1H3;3-9H2,1-2H3. The van der Waals surface area contributed by atoms with Gasteiger partial charge in [0.1, 0.15) is 6.29 Å². The van der Waals surface area contributed by atoms with Gasteiger partial charge in [-0.25, -0.2) is 0 Å². The molecule has 0 N–H and O–H groups in total. The molecule has 0 unspecified atom stereocenters. The van der Waals surface area contributed by atoms with E-state index < -0.39 is 0 Å². The van der Waals surface area contributed by atoms with E-state index in [1.165, 1.54) is 89.9 Å². The summed E-state index contributed by atoms with van der Waals surface area (Å²) in [5, 5.41) is 0. The number of rotatable bonds is 15. The number of carbonyl (C=O) groups excluding carboxylic acids is 1. The molecular weight excluding hydrogens is 256 g/mol. The van der Waals surface area contributed by atoms with Gasteiger partial charge in [0.25, 0.3) is 0 Å². The molecule has 0 aromatic heterocycles. The first-order valence-electron chi connectivity index (χ1n) is 9.77. The number of aldehydes is 1. The van der Waals surface area contributed by atoms with Crippen molar-refractivity contribution in [1.82, 2.24) is 0 Å². The first-order valence-corrected chi connectivity index (χ1v) is 9.77. The van der Waals surface area contributed by atoms with E-state index in [4.69, 9.17) is 0 Å². The largest absolute Gasteiger partial charge is 0.303 e. The molecule has 0 aromatic carbocycles. The van der Waals surface area contributed by atoms with Crippen molar-refractivity contribution in [3.05, 3.63) is 0 Å². The van der Waals surface area contributed by atoms with Crippen LogP contribution in [0, 0.1) is 0 Å². The van der Waals surface area contributed by atoms with Crippen LogP contribution in [0.5, 0.6) is 0 Å². The van der Waals surface area contributed by atoms with E-state index in [1.807, 2.05) is 0 Å². The highest BCUT2D eigenvalue weighted by Gasteiger charge is 1.90. The van der Waals surface area contributed by atoms with E-state index in [9.17, 15) is 4.79 Å². The molecule has 0 aromatic rings. The highest BCUT2D eigenvalue weighted by Crippen LogP contribution is 2.08. The number of hydrogen-bond acceptors (Lipinski definition) is 1. The van der Waals surface area contributed by atoms with E-state index in [1.54, 1.807) is 0 Å². The van der Waals surface area contributed by atoms with E-state index in [0.29, 0.717) is 0 Å². The van der Waals surface area contributed by atoms with Crippen LogP contribution < -0.4 is 0 Å². The lowest BCUT2D eigenvalue weighted by atomic mass is 10.1. The first-order chi connectivity index (χ1) is 10.3. The van der Waals surface area contributed by atoms with Gasteiger partial charge in [-0.1, -0.05) is 111 Å². The maximum Gasteiger partial charge on any atom is 0.119 e. The molecule has 0 aliphatic heterocycles. The lowest BCUT2D eigenvalue weighted by molar-refractivity contribution is -0.107. The van der Waals surface area contributed by atoms with Crippen molar-refractivity contribution >= 4 is 6.29 Å². The van der Waals surface area contributed by atoms with Crippen LogP contribution in [0.4, 0.5) is 0 Å². The molecule has 0 aliphatic rings. The molecule has 128 valence electrons. The Morgan fingerprint density at radius 1 is 0.476 bits per heavy atom. The van der Waals surface area contributed by atoms with Gasteiger partial charge in [0.2, 0.25) is 0 Å². The summed E-state index contributed by atoms with van der Waals surface area (Å²) in [5.41, 5.74) is 0. The monoisotopic (exact) mass is 298 g/mol. The third-order valence-corrected chi connectivity index (χ3v) is 3.88. The SMILES string of the molecule is CCCCCCCCC.CCCCCCCCCCC=O. The molecule has 0 atom stereocenters. The summed E-state index contributed by atoms with van der Waals surface area (Å²) in [6.07, 6.45) is 22.3. The fraction of sp³-hybridized carbons (Fsp3) is 0.950. The van der Waals surface area contributed by atoms with Crippen LogP contribution in [0.15, 0.2) is 0 Å². The Bertz CT molecular complexity index is 159. The molecule has 0 amide bonds. The minimum atomic E-state index is 0.759. The Labute approximate surface area is 135 Å². The van der Waals surface area contributed by atoms with Crippen LogP contribution in [0.25, 0.3) is 0 Å². The first kappa shape index (κ1) is 22.9. The molecule has 0 fully saturated rings. The van der Waals surface area contributed by atoms with Crippen LogP contribution in [-0.4, -0.2) is 6.29 Å². The molecule has 1 nitrogen and oxygen atoms in total. The van der Waals surface area contributed by atoms with Crippen molar-refractivity contribution in [3.63, 3.8) is 0 Å². The summed E-state index contributed by atoms with van der Waals surface area (Å²) in [5.74, 6) is 0. The average Bonchev–Trinajstić information content (AvgIpc) is 2.51. The van der Waals surface area contributed by atoms with Crippen molar-refractivity contribution in [2.24, 2.45) is 0 Å². The molecule has 0 aliphatic carbocycles. The maximum atomic E-state index is 9.98. The van der Waals surface area contributed by atoms with Crippen LogP contribution in [0.1, 0.15) is 124 Å². The summed E-state index contributed by atoms with van der Waals surface area (Å²) < 4.78 is 0. The Kier molecular flexibility index (Phi) is 27.0. The molecule has 0 spiro atoms. The van der Waals surface area contributed by atoms with Crippen LogP contribution in [-0.2, 0) is 4.79 Å². The molecule has 0 heterocycles. The molecule has 21 heavy (non-hydrogen) atoms. The summed E-state index contributed by atoms with van der Waals surface area (Å²) in [6.45, 7) is 6.77. The van der Waals surface area contributed by atoms with Crippen LogP contribution in [0.3, 0.4) is 0 Å². The van der Waals surface area contributed by atoms with E-state index in [-0.39, 0.29) is 0 Å². The lowest BCUT2D eigenvalue weighted by Crippen LogP contribution is -1.81. The second-order valence-corrected chi connectivity index (χ2v) is 6.20. The van der Waals surface area contributed by atoms with Crippen molar-refractivity contribution in [3.8, 4) is 0 Å². The zero-order valence-electron chi connectivity index (χ0n) is 15.3. The third kappa shape index (κ3) is 28.5. The van der Waals surface area contributed by atoms with Crippen molar-refractivity contribution < 1.29 is 4.79 Å².